The van der Waals surface area contributed by atoms with Gasteiger partial charge in [-0.15, -0.1) is 0 Å². The van der Waals surface area contributed by atoms with Crippen molar-refractivity contribution in [1.29, 1.82) is 0 Å². The van der Waals surface area contributed by atoms with Crippen LogP contribution in [-0.4, -0.2) is 17.0 Å². The lowest BCUT2D eigenvalue weighted by molar-refractivity contribution is 0.917. The van der Waals surface area contributed by atoms with Gasteiger partial charge in [-0.2, -0.15) is 0 Å². The normalized spacial score (nSPS) is 10.2. The number of nitrogens with two attached hydrogens (primary N) is 1. The predicted octanol–water partition coefficient (Wildman–Crippen LogP) is 3.01. The Morgan fingerprint density at radius 3 is 2.74 bits per heavy atom. The number of rotatable bonds is 4. The van der Waals surface area contributed by atoms with Gasteiger partial charge in [-0.3, -0.25) is 4.98 Å². The van der Waals surface area contributed by atoms with Gasteiger partial charge in [0.1, 0.15) is 4.99 Å². The van der Waals surface area contributed by atoms with E-state index in [2.05, 4.69) is 9.88 Å². The SMILES string of the molecule is CN(Cc1cccc(Cl)c1)c1ccc(C(N)=S)nc1. The molecule has 0 atom stereocenters. The van der Waals surface area contributed by atoms with Crippen LogP contribution in [0.1, 0.15) is 11.3 Å². The number of thiocarbonyl (C=S) groups is 1. The Kier molecular flexibility index (Phi) is 4.35. The number of anilines is 1. The molecule has 1 aromatic heterocycles. The second-order valence-electron chi connectivity index (χ2n) is 4.25. The van der Waals surface area contributed by atoms with Crippen molar-refractivity contribution in [2.24, 2.45) is 5.73 Å². The first kappa shape index (κ1) is 13.8. The molecule has 5 heteroatoms. The summed E-state index contributed by atoms with van der Waals surface area (Å²) in [7, 11) is 2.00. The molecule has 0 unspecified atom stereocenters. The van der Waals surface area contributed by atoms with Gasteiger partial charge in [0.15, 0.2) is 0 Å². The number of hydrogen-bond donors (Lipinski definition) is 1. The summed E-state index contributed by atoms with van der Waals surface area (Å²) in [5.74, 6) is 0. The van der Waals surface area contributed by atoms with E-state index in [1.165, 1.54) is 0 Å². The third-order valence-electron chi connectivity index (χ3n) is 2.75. The topological polar surface area (TPSA) is 42.1 Å². The number of pyridine rings is 1. The summed E-state index contributed by atoms with van der Waals surface area (Å²) in [5, 5.41) is 0.743. The maximum absolute atomic E-state index is 5.97. The van der Waals surface area contributed by atoms with Crippen LogP contribution in [-0.2, 0) is 6.54 Å². The van der Waals surface area contributed by atoms with Crippen molar-refractivity contribution in [3.05, 3.63) is 58.9 Å². The zero-order valence-electron chi connectivity index (χ0n) is 10.5. The van der Waals surface area contributed by atoms with Crippen molar-refractivity contribution >= 4 is 34.5 Å². The standard InChI is InChI=1S/C14H14ClN3S/c1-18(9-10-3-2-4-11(15)7-10)12-5-6-13(14(16)19)17-8-12/h2-8H,9H2,1H3,(H2,16,19). The van der Waals surface area contributed by atoms with Crippen molar-refractivity contribution in [3.63, 3.8) is 0 Å². The first-order valence-electron chi connectivity index (χ1n) is 5.77. The average molecular weight is 292 g/mol. The molecule has 0 amide bonds. The third-order valence-corrected chi connectivity index (χ3v) is 3.19. The summed E-state index contributed by atoms with van der Waals surface area (Å²) >= 11 is 10.8. The Morgan fingerprint density at radius 1 is 1.37 bits per heavy atom. The van der Waals surface area contributed by atoms with Gasteiger partial charge in [0, 0.05) is 18.6 Å². The molecule has 0 spiro atoms. The van der Waals surface area contributed by atoms with Crippen LogP contribution in [0.5, 0.6) is 0 Å². The lowest BCUT2D eigenvalue weighted by Crippen LogP contribution is -2.17. The zero-order valence-corrected chi connectivity index (χ0v) is 12.1. The molecule has 2 aromatic rings. The van der Waals surface area contributed by atoms with Crippen molar-refractivity contribution in [2.75, 3.05) is 11.9 Å². The molecular weight excluding hydrogens is 278 g/mol. The first-order valence-corrected chi connectivity index (χ1v) is 6.56. The van der Waals surface area contributed by atoms with Crippen molar-refractivity contribution in [1.82, 2.24) is 4.98 Å². The summed E-state index contributed by atoms with van der Waals surface area (Å²) in [4.78, 5) is 6.62. The molecular formula is C14H14ClN3S. The molecule has 98 valence electrons. The Bertz CT molecular complexity index is 583. The van der Waals surface area contributed by atoms with E-state index in [0.717, 1.165) is 22.8 Å². The van der Waals surface area contributed by atoms with Crippen LogP contribution in [0.4, 0.5) is 5.69 Å². The molecule has 0 radical (unpaired) electrons. The highest BCUT2D eigenvalue weighted by atomic mass is 35.5. The highest BCUT2D eigenvalue weighted by Gasteiger charge is 2.04. The molecule has 0 bridgehead atoms. The predicted molar refractivity (Wildman–Crippen MR) is 83.7 cm³/mol. The van der Waals surface area contributed by atoms with Crippen molar-refractivity contribution in [3.8, 4) is 0 Å². The van der Waals surface area contributed by atoms with Crippen LogP contribution in [0.3, 0.4) is 0 Å². The van der Waals surface area contributed by atoms with Crippen LogP contribution in [0.25, 0.3) is 0 Å². The lowest BCUT2D eigenvalue weighted by atomic mass is 10.2. The van der Waals surface area contributed by atoms with E-state index in [9.17, 15) is 0 Å². The molecule has 1 aromatic carbocycles. The van der Waals surface area contributed by atoms with Gasteiger partial charge in [0.25, 0.3) is 0 Å². The first-order chi connectivity index (χ1) is 9.06. The molecule has 0 saturated heterocycles. The fourth-order valence-electron chi connectivity index (χ4n) is 1.76. The minimum Gasteiger partial charge on any atom is -0.388 e. The van der Waals surface area contributed by atoms with Gasteiger partial charge in [0.2, 0.25) is 0 Å². The van der Waals surface area contributed by atoms with Gasteiger partial charge in [-0.05, 0) is 29.8 Å². The van der Waals surface area contributed by atoms with E-state index in [1.807, 2.05) is 43.4 Å². The Balaban J connectivity index is 2.11. The largest absolute Gasteiger partial charge is 0.388 e. The van der Waals surface area contributed by atoms with Crippen LogP contribution in [0.2, 0.25) is 5.02 Å². The Labute approximate surface area is 123 Å². The summed E-state index contributed by atoms with van der Waals surface area (Å²) in [6.07, 6.45) is 1.76. The molecule has 0 aliphatic rings. The van der Waals surface area contributed by atoms with E-state index in [0.29, 0.717) is 10.7 Å². The van der Waals surface area contributed by atoms with Crippen molar-refractivity contribution in [2.45, 2.75) is 6.54 Å². The van der Waals surface area contributed by atoms with E-state index in [4.69, 9.17) is 29.6 Å². The highest BCUT2D eigenvalue weighted by Crippen LogP contribution is 2.17. The highest BCUT2D eigenvalue weighted by molar-refractivity contribution is 7.80. The van der Waals surface area contributed by atoms with Gasteiger partial charge in [-0.25, -0.2) is 0 Å². The van der Waals surface area contributed by atoms with Crippen LogP contribution >= 0.6 is 23.8 Å². The molecule has 0 aliphatic carbocycles. The monoisotopic (exact) mass is 291 g/mol. The van der Waals surface area contributed by atoms with Crippen LogP contribution < -0.4 is 10.6 Å². The zero-order chi connectivity index (χ0) is 13.8. The van der Waals surface area contributed by atoms with E-state index in [-0.39, 0.29) is 0 Å². The Morgan fingerprint density at radius 2 is 2.16 bits per heavy atom. The fourth-order valence-corrected chi connectivity index (χ4v) is 2.09. The Hall–Kier alpha value is -1.65. The number of aromatic nitrogens is 1. The molecule has 0 saturated carbocycles. The van der Waals surface area contributed by atoms with Gasteiger partial charge in [0.05, 0.1) is 17.6 Å². The molecule has 2 N–H and O–H groups in total. The fraction of sp³-hybridized carbons (Fsp3) is 0.143. The average Bonchev–Trinajstić information content (AvgIpc) is 2.39. The minimum absolute atomic E-state index is 0.309. The van der Waals surface area contributed by atoms with E-state index < -0.39 is 0 Å². The van der Waals surface area contributed by atoms with Gasteiger partial charge in [-0.1, -0.05) is 36.0 Å². The molecule has 0 aliphatic heterocycles. The maximum atomic E-state index is 5.97. The number of halogens is 1. The smallest absolute Gasteiger partial charge is 0.122 e. The minimum atomic E-state index is 0.309. The third kappa shape index (κ3) is 3.66. The lowest BCUT2D eigenvalue weighted by Gasteiger charge is -2.19. The van der Waals surface area contributed by atoms with Crippen LogP contribution in [0, 0.1) is 0 Å². The quantitative estimate of drug-likeness (QED) is 0.880. The maximum Gasteiger partial charge on any atom is 0.122 e. The molecule has 19 heavy (non-hydrogen) atoms. The summed E-state index contributed by atoms with van der Waals surface area (Å²) in [6.45, 7) is 0.759. The second-order valence-corrected chi connectivity index (χ2v) is 5.13. The van der Waals surface area contributed by atoms with Gasteiger partial charge >= 0.3 is 0 Å². The number of benzene rings is 1. The molecule has 0 fully saturated rings. The van der Waals surface area contributed by atoms with E-state index >= 15 is 0 Å². The number of nitrogens with zero attached hydrogens (tertiary/aromatic N) is 2. The van der Waals surface area contributed by atoms with Gasteiger partial charge < -0.3 is 10.6 Å². The molecule has 3 nitrogen and oxygen atoms in total. The molecule has 2 rings (SSSR count). The summed E-state index contributed by atoms with van der Waals surface area (Å²) in [6, 6.07) is 11.6. The van der Waals surface area contributed by atoms with Crippen LogP contribution in [0.15, 0.2) is 42.6 Å². The van der Waals surface area contributed by atoms with E-state index in [1.54, 1.807) is 6.20 Å². The summed E-state index contributed by atoms with van der Waals surface area (Å²) in [5.41, 5.74) is 8.30. The summed E-state index contributed by atoms with van der Waals surface area (Å²) < 4.78 is 0. The van der Waals surface area contributed by atoms with Crippen molar-refractivity contribution < 1.29 is 0 Å². The molecule has 1 heterocycles. The number of hydrogen-bond acceptors (Lipinski definition) is 3. The second kappa shape index (κ2) is 5.99.